The molecule has 0 spiro atoms. The second kappa shape index (κ2) is 5.50. The monoisotopic (exact) mass is 236 g/mol. The van der Waals surface area contributed by atoms with Crippen molar-refractivity contribution in [2.75, 3.05) is 18.0 Å². The Bertz CT molecular complexity index is 368. The minimum atomic E-state index is -0.137. The van der Waals surface area contributed by atoms with Crippen molar-refractivity contribution < 1.29 is 4.39 Å². The van der Waals surface area contributed by atoms with Crippen molar-refractivity contribution in [1.82, 2.24) is 0 Å². The van der Waals surface area contributed by atoms with Gasteiger partial charge in [0, 0.05) is 19.1 Å². The Kier molecular flexibility index (Phi) is 4.00. The van der Waals surface area contributed by atoms with Gasteiger partial charge >= 0.3 is 0 Å². The van der Waals surface area contributed by atoms with Gasteiger partial charge in [0.25, 0.3) is 0 Å². The maximum Gasteiger partial charge on any atom is 0.146 e. The largest absolute Gasteiger partial charge is 0.369 e. The fraction of sp³-hybridized carbons (Fsp3) is 0.571. The Morgan fingerprint density at radius 1 is 1.18 bits per heavy atom. The lowest BCUT2D eigenvalue weighted by atomic mass is 10.1. The molecule has 0 aromatic heterocycles. The highest BCUT2D eigenvalue weighted by molar-refractivity contribution is 5.49. The zero-order valence-corrected chi connectivity index (χ0v) is 10.5. The highest BCUT2D eigenvalue weighted by atomic mass is 19.1. The van der Waals surface area contributed by atoms with Crippen molar-refractivity contribution in [3.63, 3.8) is 0 Å². The third kappa shape index (κ3) is 2.97. The van der Waals surface area contributed by atoms with Crippen LogP contribution in [0.4, 0.5) is 10.1 Å². The van der Waals surface area contributed by atoms with Crippen LogP contribution < -0.4 is 10.6 Å². The molecule has 1 aromatic carbocycles. The Morgan fingerprint density at radius 2 is 1.82 bits per heavy atom. The first kappa shape index (κ1) is 12.4. The number of nitrogens with two attached hydrogens (primary N) is 1. The van der Waals surface area contributed by atoms with Gasteiger partial charge in [-0.3, -0.25) is 0 Å². The van der Waals surface area contributed by atoms with E-state index in [0.29, 0.717) is 0 Å². The van der Waals surface area contributed by atoms with Gasteiger partial charge in [-0.15, -0.1) is 0 Å². The summed E-state index contributed by atoms with van der Waals surface area (Å²) in [5.41, 5.74) is 7.35. The molecular formula is C14H21FN2. The summed E-state index contributed by atoms with van der Waals surface area (Å²) in [4.78, 5) is 2.16. The van der Waals surface area contributed by atoms with Gasteiger partial charge in [-0.25, -0.2) is 4.39 Å². The molecule has 1 aliphatic heterocycles. The van der Waals surface area contributed by atoms with Crippen molar-refractivity contribution in [3.8, 4) is 0 Å². The third-order valence-corrected chi connectivity index (χ3v) is 3.44. The minimum Gasteiger partial charge on any atom is -0.369 e. The fourth-order valence-corrected chi connectivity index (χ4v) is 2.37. The maximum atomic E-state index is 14.0. The van der Waals surface area contributed by atoms with E-state index in [2.05, 4.69) is 4.90 Å². The highest BCUT2D eigenvalue weighted by Gasteiger charge is 2.14. The summed E-state index contributed by atoms with van der Waals surface area (Å²) in [6, 6.07) is 5.28. The van der Waals surface area contributed by atoms with E-state index in [1.165, 1.54) is 12.8 Å². The first-order valence-corrected chi connectivity index (χ1v) is 6.48. The van der Waals surface area contributed by atoms with Crippen LogP contribution in [0.5, 0.6) is 0 Å². The Labute approximate surface area is 103 Å². The van der Waals surface area contributed by atoms with Crippen LogP contribution in [0.15, 0.2) is 18.2 Å². The van der Waals surface area contributed by atoms with E-state index in [1.54, 1.807) is 6.07 Å². The molecule has 0 radical (unpaired) electrons. The maximum absolute atomic E-state index is 14.0. The summed E-state index contributed by atoms with van der Waals surface area (Å²) >= 11 is 0. The van der Waals surface area contributed by atoms with Crippen LogP contribution >= 0.6 is 0 Å². The standard InChI is InChI=1S/C14H21FN2/c1-11(16)12-6-7-14(13(15)10-12)17-8-4-2-3-5-9-17/h6-7,10-11H,2-5,8-9,16H2,1H3. The topological polar surface area (TPSA) is 29.3 Å². The molecule has 1 heterocycles. The Balaban J connectivity index is 2.19. The summed E-state index contributed by atoms with van der Waals surface area (Å²) in [6.45, 7) is 3.81. The molecule has 0 aliphatic carbocycles. The molecule has 2 nitrogen and oxygen atoms in total. The van der Waals surface area contributed by atoms with Gasteiger partial charge in [-0.2, -0.15) is 0 Å². The van der Waals surface area contributed by atoms with Crippen LogP contribution in [0.25, 0.3) is 0 Å². The van der Waals surface area contributed by atoms with Crippen LogP contribution in [-0.2, 0) is 0 Å². The van der Waals surface area contributed by atoms with E-state index in [4.69, 9.17) is 5.73 Å². The summed E-state index contributed by atoms with van der Waals surface area (Å²) in [5, 5.41) is 0. The van der Waals surface area contributed by atoms with Gasteiger partial charge in [-0.1, -0.05) is 18.9 Å². The number of nitrogens with zero attached hydrogens (tertiary/aromatic N) is 1. The van der Waals surface area contributed by atoms with Crippen molar-refractivity contribution in [2.45, 2.75) is 38.6 Å². The molecule has 1 atom stereocenters. The Morgan fingerprint density at radius 3 is 2.35 bits per heavy atom. The van der Waals surface area contributed by atoms with Crippen LogP contribution in [0.1, 0.15) is 44.2 Å². The minimum absolute atomic E-state index is 0.109. The van der Waals surface area contributed by atoms with Gasteiger partial charge in [0.1, 0.15) is 5.82 Å². The van der Waals surface area contributed by atoms with Crippen LogP contribution in [-0.4, -0.2) is 13.1 Å². The normalized spacial score (nSPS) is 18.9. The van der Waals surface area contributed by atoms with E-state index in [1.807, 2.05) is 19.1 Å². The van der Waals surface area contributed by atoms with Crippen molar-refractivity contribution in [2.24, 2.45) is 5.73 Å². The first-order valence-electron chi connectivity index (χ1n) is 6.48. The van der Waals surface area contributed by atoms with Crippen LogP contribution in [0.2, 0.25) is 0 Å². The second-order valence-corrected chi connectivity index (χ2v) is 4.90. The molecule has 1 unspecified atom stereocenters. The van der Waals surface area contributed by atoms with Crippen LogP contribution in [0.3, 0.4) is 0 Å². The summed E-state index contributed by atoms with van der Waals surface area (Å²) in [7, 11) is 0. The second-order valence-electron chi connectivity index (χ2n) is 4.90. The van der Waals surface area contributed by atoms with Crippen molar-refractivity contribution >= 4 is 5.69 Å². The predicted octanol–water partition coefficient (Wildman–Crippen LogP) is 3.23. The number of rotatable bonds is 2. The molecule has 2 rings (SSSR count). The molecule has 1 saturated heterocycles. The summed E-state index contributed by atoms with van der Waals surface area (Å²) in [6.07, 6.45) is 4.84. The van der Waals surface area contributed by atoms with E-state index in [-0.39, 0.29) is 11.9 Å². The molecule has 1 aromatic rings. The lowest BCUT2D eigenvalue weighted by molar-refractivity contribution is 0.612. The quantitative estimate of drug-likeness (QED) is 0.854. The predicted molar refractivity (Wildman–Crippen MR) is 69.7 cm³/mol. The molecule has 3 heteroatoms. The fourth-order valence-electron chi connectivity index (χ4n) is 2.37. The third-order valence-electron chi connectivity index (χ3n) is 3.44. The number of halogens is 1. The number of hydrogen-bond donors (Lipinski definition) is 1. The van der Waals surface area contributed by atoms with Crippen LogP contribution in [0, 0.1) is 5.82 Å². The van der Waals surface area contributed by atoms with E-state index in [0.717, 1.165) is 37.2 Å². The van der Waals surface area contributed by atoms with E-state index >= 15 is 0 Å². The molecule has 2 N–H and O–H groups in total. The Hall–Kier alpha value is -1.09. The molecule has 1 fully saturated rings. The van der Waals surface area contributed by atoms with Crippen molar-refractivity contribution in [1.29, 1.82) is 0 Å². The molecule has 0 saturated carbocycles. The van der Waals surface area contributed by atoms with E-state index in [9.17, 15) is 4.39 Å². The smallest absolute Gasteiger partial charge is 0.146 e. The lowest BCUT2D eigenvalue weighted by Crippen LogP contribution is -2.25. The molecular weight excluding hydrogens is 215 g/mol. The summed E-state index contributed by atoms with van der Waals surface area (Å²) < 4.78 is 14.0. The molecule has 0 amide bonds. The molecule has 94 valence electrons. The van der Waals surface area contributed by atoms with E-state index < -0.39 is 0 Å². The van der Waals surface area contributed by atoms with Crippen molar-refractivity contribution in [3.05, 3.63) is 29.6 Å². The number of anilines is 1. The molecule has 1 aliphatic rings. The van der Waals surface area contributed by atoms with Gasteiger partial charge in [-0.05, 0) is 37.5 Å². The lowest BCUT2D eigenvalue weighted by Gasteiger charge is -2.23. The zero-order valence-electron chi connectivity index (χ0n) is 10.5. The zero-order chi connectivity index (χ0) is 12.3. The molecule has 0 bridgehead atoms. The first-order chi connectivity index (χ1) is 8.18. The SMILES string of the molecule is CC(N)c1ccc(N2CCCCCC2)c(F)c1. The average molecular weight is 236 g/mol. The number of hydrogen-bond acceptors (Lipinski definition) is 2. The average Bonchev–Trinajstić information content (AvgIpc) is 2.57. The van der Waals surface area contributed by atoms with Gasteiger partial charge in [0.15, 0.2) is 0 Å². The number of benzene rings is 1. The van der Waals surface area contributed by atoms with Gasteiger partial charge < -0.3 is 10.6 Å². The summed E-state index contributed by atoms with van der Waals surface area (Å²) in [5.74, 6) is -0.137. The van der Waals surface area contributed by atoms with Gasteiger partial charge in [0.05, 0.1) is 5.69 Å². The highest BCUT2D eigenvalue weighted by Crippen LogP contribution is 2.25. The van der Waals surface area contributed by atoms with Gasteiger partial charge in [0.2, 0.25) is 0 Å². The molecule has 17 heavy (non-hydrogen) atoms.